The first kappa shape index (κ1) is 26.0. The van der Waals surface area contributed by atoms with Crippen LogP contribution in [-0.4, -0.2) is 42.8 Å². The van der Waals surface area contributed by atoms with Crippen LogP contribution < -0.4 is 14.2 Å². The first-order valence-corrected chi connectivity index (χ1v) is 11.2. The average Bonchev–Trinajstić information content (AvgIpc) is 2.90. The molecule has 0 spiro atoms. The normalized spacial score (nSPS) is 10.2. The zero-order chi connectivity index (χ0) is 25.8. The van der Waals surface area contributed by atoms with Gasteiger partial charge in [-0.2, -0.15) is 0 Å². The predicted octanol–water partition coefficient (Wildman–Crippen LogP) is 4.92. The Labute approximate surface area is 208 Å². The molecule has 8 nitrogen and oxygen atoms in total. The molecule has 0 aromatic heterocycles. The summed E-state index contributed by atoms with van der Waals surface area (Å²) < 4.78 is 21.0. The maximum Gasteiger partial charge on any atom is 0.343 e. The zero-order valence-corrected chi connectivity index (χ0v) is 19.6. The van der Waals surface area contributed by atoms with Crippen molar-refractivity contribution >= 4 is 17.9 Å². The van der Waals surface area contributed by atoms with E-state index in [0.29, 0.717) is 36.7 Å². The molecule has 0 heterocycles. The summed E-state index contributed by atoms with van der Waals surface area (Å²) in [5.41, 5.74) is 2.29. The smallest absolute Gasteiger partial charge is 0.343 e. The van der Waals surface area contributed by atoms with Gasteiger partial charge in [-0.15, -0.1) is 0 Å². The summed E-state index contributed by atoms with van der Waals surface area (Å²) in [6.45, 7) is 3.75. The monoisotopic (exact) mass is 490 g/mol. The minimum Gasteiger partial charge on any atom is -0.494 e. The number of hydrogen-bond acceptors (Lipinski definition) is 7. The molecule has 3 rings (SSSR count). The van der Waals surface area contributed by atoms with E-state index in [4.69, 9.17) is 24.1 Å². The summed E-state index contributed by atoms with van der Waals surface area (Å²) in [5.74, 6) is -0.585. The fourth-order valence-electron chi connectivity index (χ4n) is 3.08. The Balaban J connectivity index is 1.47. The molecule has 0 saturated heterocycles. The number of carboxylic acids is 1. The van der Waals surface area contributed by atoms with E-state index in [9.17, 15) is 14.4 Å². The molecule has 0 amide bonds. The molecule has 0 aliphatic carbocycles. The van der Waals surface area contributed by atoms with Crippen molar-refractivity contribution in [3.63, 3.8) is 0 Å². The van der Waals surface area contributed by atoms with E-state index in [0.717, 1.165) is 29.4 Å². The van der Waals surface area contributed by atoms with Gasteiger partial charge in [-0.3, -0.25) is 0 Å². The van der Waals surface area contributed by atoms with Crippen LogP contribution in [0.4, 0.5) is 0 Å². The van der Waals surface area contributed by atoms with Crippen molar-refractivity contribution in [2.24, 2.45) is 0 Å². The van der Waals surface area contributed by atoms with Gasteiger partial charge in [0, 0.05) is 6.08 Å². The number of unbranched alkanes of at least 4 members (excludes halogenated alkanes) is 1. The number of aliphatic carboxylic acids is 1. The average molecular weight is 491 g/mol. The highest BCUT2D eigenvalue weighted by molar-refractivity contribution is 5.91. The predicted molar refractivity (Wildman–Crippen MR) is 132 cm³/mol. The lowest BCUT2D eigenvalue weighted by molar-refractivity contribution is -0.139. The van der Waals surface area contributed by atoms with Gasteiger partial charge in [-0.1, -0.05) is 30.8 Å². The molecular formula is C28H26O8. The Hall–Kier alpha value is -4.59. The minimum absolute atomic E-state index is 0.320. The molecule has 3 aromatic rings. The fraction of sp³-hybridized carbons (Fsp3) is 0.179. The molecule has 0 radical (unpaired) electrons. The van der Waals surface area contributed by atoms with Crippen molar-refractivity contribution in [2.75, 3.05) is 19.8 Å². The van der Waals surface area contributed by atoms with Gasteiger partial charge in [0.25, 0.3) is 0 Å². The summed E-state index contributed by atoms with van der Waals surface area (Å²) in [5, 5.41) is 8.64. The van der Waals surface area contributed by atoms with Crippen LogP contribution >= 0.6 is 0 Å². The first-order chi connectivity index (χ1) is 17.4. The molecule has 186 valence electrons. The largest absolute Gasteiger partial charge is 0.494 e. The van der Waals surface area contributed by atoms with Crippen LogP contribution in [0.2, 0.25) is 0 Å². The Morgan fingerprint density at radius 3 is 1.86 bits per heavy atom. The van der Waals surface area contributed by atoms with Crippen LogP contribution in [0.1, 0.15) is 23.2 Å². The maximum atomic E-state index is 12.4. The third kappa shape index (κ3) is 8.32. The molecule has 0 aliphatic rings. The molecule has 8 heteroatoms. The number of esters is 2. The van der Waals surface area contributed by atoms with Gasteiger partial charge in [-0.05, 0) is 72.5 Å². The van der Waals surface area contributed by atoms with Gasteiger partial charge in [0.05, 0.1) is 18.8 Å². The Morgan fingerprint density at radius 2 is 1.25 bits per heavy atom. The standard InChI is InChI=1S/C28H26O8/c1-2-27(31)34-18-4-3-17-33-23-11-9-21(10-12-23)20-5-7-22(8-6-20)28(32)36-25-15-13-24(14-16-25)35-19-26(29)30/h2,5-16H,1,3-4,17-19H2,(H,29,30). The lowest BCUT2D eigenvalue weighted by atomic mass is 10.0. The van der Waals surface area contributed by atoms with E-state index in [2.05, 4.69) is 6.58 Å². The summed E-state index contributed by atoms with van der Waals surface area (Å²) in [6.07, 6.45) is 2.60. The van der Waals surface area contributed by atoms with Crippen LogP contribution in [0.25, 0.3) is 11.1 Å². The summed E-state index contributed by atoms with van der Waals surface area (Å²) in [7, 11) is 0. The number of carbonyl (C=O) groups is 3. The third-order valence-electron chi connectivity index (χ3n) is 4.92. The lowest BCUT2D eigenvalue weighted by Crippen LogP contribution is -2.10. The molecule has 0 atom stereocenters. The van der Waals surface area contributed by atoms with Crippen molar-refractivity contribution in [3.05, 3.63) is 91.0 Å². The number of benzene rings is 3. The molecule has 0 saturated carbocycles. The Morgan fingerprint density at radius 1 is 0.722 bits per heavy atom. The molecule has 3 aromatic carbocycles. The maximum absolute atomic E-state index is 12.4. The highest BCUT2D eigenvalue weighted by Gasteiger charge is 2.10. The number of carbonyl (C=O) groups excluding carboxylic acids is 2. The van der Waals surface area contributed by atoms with Gasteiger partial charge in [0.2, 0.25) is 0 Å². The van der Waals surface area contributed by atoms with Crippen molar-refractivity contribution in [1.29, 1.82) is 0 Å². The Bertz CT molecular complexity index is 1170. The van der Waals surface area contributed by atoms with E-state index in [1.54, 1.807) is 12.1 Å². The first-order valence-electron chi connectivity index (χ1n) is 11.2. The second-order valence-electron chi connectivity index (χ2n) is 7.57. The molecule has 36 heavy (non-hydrogen) atoms. The summed E-state index contributed by atoms with van der Waals surface area (Å²) in [6, 6.07) is 20.8. The van der Waals surface area contributed by atoms with E-state index in [1.807, 2.05) is 36.4 Å². The summed E-state index contributed by atoms with van der Waals surface area (Å²) >= 11 is 0. The molecule has 0 unspecified atom stereocenters. The highest BCUT2D eigenvalue weighted by Crippen LogP contribution is 2.24. The summed E-state index contributed by atoms with van der Waals surface area (Å²) in [4.78, 5) is 34.0. The van der Waals surface area contributed by atoms with Gasteiger partial charge in [0.15, 0.2) is 6.61 Å². The second-order valence-corrected chi connectivity index (χ2v) is 7.57. The van der Waals surface area contributed by atoms with Crippen molar-refractivity contribution in [3.8, 4) is 28.4 Å². The topological polar surface area (TPSA) is 108 Å². The van der Waals surface area contributed by atoms with Crippen molar-refractivity contribution < 1.29 is 38.4 Å². The van der Waals surface area contributed by atoms with Crippen LogP contribution in [0, 0.1) is 0 Å². The van der Waals surface area contributed by atoms with E-state index in [1.165, 1.54) is 24.3 Å². The zero-order valence-electron chi connectivity index (χ0n) is 19.6. The Kier molecular flexibility index (Phi) is 9.64. The minimum atomic E-state index is -1.07. The highest BCUT2D eigenvalue weighted by atomic mass is 16.5. The van der Waals surface area contributed by atoms with Gasteiger partial charge in [0.1, 0.15) is 17.2 Å². The second kappa shape index (κ2) is 13.3. The number of hydrogen-bond donors (Lipinski definition) is 1. The van der Waals surface area contributed by atoms with Crippen LogP contribution in [0.15, 0.2) is 85.5 Å². The fourth-order valence-corrected chi connectivity index (χ4v) is 3.08. The van der Waals surface area contributed by atoms with Crippen LogP contribution in [-0.2, 0) is 14.3 Å². The molecule has 0 fully saturated rings. The lowest BCUT2D eigenvalue weighted by Gasteiger charge is -2.09. The number of carboxylic acid groups (broad SMARTS) is 1. The van der Waals surface area contributed by atoms with Gasteiger partial charge in [-0.25, -0.2) is 14.4 Å². The number of rotatable bonds is 13. The van der Waals surface area contributed by atoms with Crippen LogP contribution in [0.5, 0.6) is 17.2 Å². The molecule has 0 bridgehead atoms. The van der Waals surface area contributed by atoms with Crippen LogP contribution in [0.3, 0.4) is 0 Å². The van der Waals surface area contributed by atoms with Crippen molar-refractivity contribution in [2.45, 2.75) is 12.8 Å². The SMILES string of the molecule is C=CC(=O)OCCCCOc1ccc(-c2ccc(C(=O)Oc3ccc(OCC(=O)O)cc3)cc2)cc1. The van der Waals surface area contributed by atoms with Gasteiger partial charge < -0.3 is 24.1 Å². The van der Waals surface area contributed by atoms with E-state index >= 15 is 0 Å². The van der Waals surface area contributed by atoms with Gasteiger partial charge >= 0.3 is 17.9 Å². The number of ether oxygens (including phenoxy) is 4. The van der Waals surface area contributed by atoms with Crippen molar-refractivity contribution in [1.82, 2.24) is 0 Å². The molecule has 1 N–H and O–H groups in total. The van der Waals surface area contributed by atoms with E-state index < -0.39 is 24.5 Å². The molecular weight excluding hydrogens is 464 g/mol. The quantitative estimate of drug-likeness (QED) is 0.156. The van der Waals surface area contributed by atoms with E-state index in [-0.39, 0.29) is 0 Å². The molecule has 0 aliphatic heterocycles. The third-order valence-corrected chi connectivity index (χ3v) is 4.92.